The first-order valence-electron chi connectivity index (χ1n) is 7.66. The molecule has 5 nitrogen and oxygen atoms in total. The van der Waals surface area contributed by atoms with Crippen molar-refractivity contribution in [2.45, 2.75) is 25.8 Å². The minimum Gasteiger partial charge on any atom is -0.454 e. The first-order chi connectivity index (χ1) is 11.1. The van der Waals surface area contributed by atoms with Gasteiger partial charge in [-0.15, -0.1) is 0 Å². The van der Waals surface area contributed by atoms with Gasteiger partial charge in [-0.3, -0.25) is 4.79 Å². The third-order valence-electron chi connectivity index (χ3n) is 3.95. The molecule has 5 heteroatoms. The highest BCUT2D eigenvalue weighted by Crippen LogP contribution is 2.34. The molecule has 1 heterocycles. The molecule has 3 rings (SSSR count). The number of hydrogen-bond acceptors (Lipinski definition) is 4. The van der Waals surface area contributed by atoms with E-state index in [9.17, 15) is 4.79 Å². The van der Waals surface area contributed by atoms with Gasteiger partial charge in [0.1, 0.15) is 0 Å². The topological polar surface area (TPSA) is 73.6 Å². The molecular formula is C18H20N2O3. The van der Waals surface area contributed by atoms with Gasteiger partial charge in [-0.25, -0.2) is 0 Å². The second kappa shape index (κ2) is 6.60. The van der Waals surface area contributed by atoms with Crippen molar-refractivity contribution in [3.8, 4) is 11.5 Å². The Morgan fingerprint density at radius 3 is 2.83 bits per heavy atom. The molecule has 23 heavy (non-hydrogen) atoms. The Morgan fingerprint density at radius 2 is 2.00 bits per heavy atom. The van der Waals surface area contributed by atoms with Crippen molar-refractivity contribution in [3.63, 3.8) is 0 Å². The molecule has 2 aromatic carbocycles. The number of benzene rings is 2. The van der Waals surface area contributed by atoms with E-state index in [1.807, 2.05) is 49.4 Å². The first kappa shape index (κ1) is 15.2. The second-order valence-corrected chi connectivity index (χ2v) is 5.60. The summed E-state index contributed by atoms with van der Waals surface area (Å²) in [5.41, 5.74) is 8.61. The highest BCUT2D eigenvalue weighted by Gasteiger charge is 2.16. The van der Waals surface area contributed by atoms with Crippen LogP contribution in [0.2, 0.25) is 0 Å². The maximum atomic E-state index is 12.1. The lowest BCUT2D eigenvalue weighted by Crippen LogP contribution is -2.26. The molecule has 1 aliphatic rings. The number of anilines is 1. The average Bonchev–Trinajstić information content (AvgIpc) is 3.01. The third-order valence-corrected chi connectivity index (χ3v) is 3.95. The van der Waals surface area contributed by atoms with Gasteiger partial charge in [-0.05, 0) is 42.7 Å². The summed E-state index contributed by atoms with van der Waals surface area (Å²) < 4.78 is 10.7. The standard InChI is InChI=1S/C18H20N2O3/c1-12(14-6-8-16-17(10-14)23-11-22-16)20-18(21)9-7-13-4-2-3-5-15(13)19/h2-6,8,10,12H,7,9,11,19H2,1H3,(H,20,21). The molecule has 0 bridgehead atoms. The maximum absolute atomic E-state index is 12.1. The lowest BCUT2D eigenvalue weighted by Gasteiger charge is -2.15. The molecule has 0 radical (unpaired) electrons. The SMILES string of the molecule is CC(NC(=O)CCc1ccccc1N)c1ccc2c(c1)OCO2. The number of para-hydroxylation sites is 1. The normalized spacial score (nSPS) is 13.6. The molecule has 3 N–H and O–H groups in total. The van der Waals surface area contributed by atoms with Crippen molar-refractivity contribution in [1.29, 1.82) is 0 Å². The Kier molecular flexibility index (Phi) is 4.37. The van der Waals surface area contributed by atoms with E-state index in [1.165, 1.54) is 0 Å². The van der Waals surface area contributed by atoms with Crippen LogP contribution in [-0.2, 0) is 11.2 Å². The zero-order valence-electron chi connectivity index (χ0n) is 13.0. The highest BCUT2D eigenvalue weighted by molar-refractivity contribution is 5.77. The van der Waals surface area contributed by atoms with Crippen molar-refractivity contribution < 1.29 is 14.3 Å². The summed E-state index contributed by atoms with van der Waals surface area (Å²) in [4.78, 5) is 12.1. The van der Waals surface area contributed by atoms with E-state index in [0.29, 0.717) is 12.8 Å². The lowest BCUT2D eigenvalue weighted by molar-refractivity contribution is -0.121. The number of nitrogens with two attached hydrogens (primary N) is 1. The van der Waals surface area contributed by atoms with Crippen molar-refractivity contribution in [2.24, 2.45) is 0 Å². The predicted octanol–water partition coefficient (Wildman–Crippen LogP) is 2.81. The Bertz CT molecular complexity index is 715. The van der Waals surface area contributed by atoms with Crippen LogP contribution in [-0.4, -0.2) is 12.7 Å². The summed E-state index contributed by atoms with van der Waals surface area (Å²) in [6.45, 7) is 2.20. The summed E-state index contributed by atoms with van der Waals surface area (Å²) >= 11 is 0. The lowest BCUT2D eigenvalue weighted by atomic mass is 10.1. The van der Waals surface area contributed by atoms with E-state index in [0.717, 1.165) is 28.3 Å². The Labute approximate surface area is 135 Å². The van der Waals surface area contributed by atoms with Crippen molar-refractivity contribution >= 4 is 11.6 Å². The van der Waals surface area contributed by atoms with Crippen LogP contribution in [0.3, 0.4) is 0 Å². The van der Waals surface area contributed by atoms with Gasteiger partial charge in [0, 0.05) is 12.1 Å². The van der Waals surface area contributed by atoms with Gasteiger partial charge in [0.25, 0.3) is 0 Å². The van der Waals surface area contributed by atoms with Gasteiger partial charge in [0.05, 0.1) is 6.04 Å². The number of rotatable bonds is 5. The number of carbonyl (C=O) groups excluding carboxylic acids is 1. The van der Waals surface area contributed by atoms with E-state index < -0.39 is 0 Å². The van der Waals surface area contributed by atoms with Crippen molar-refractivity contribution in [3.05, 3.63) is 53.6 Å². The van der Waals surface area contributed by atoms with Crippen LogP contribution in [0, 0.1) is 0 Å². The molecule has 0 aliphatic carbocycles. The summed E-state index contributed by atoms with van der Waals surface area (Å²) in [7, 11) is 0. The molecule has 0 fully saturated rings. The zero-order chi connectivity index (χ0) is 16.2. The quantitative estimate of drug-likeness (QED) is 0.833. The van der Waals surface area contributed by atoms with Crippen molar-refractivity contribution in [2.75, 3.05) is 12.5 Å². The summed E-state index contributed by atoms with van der Waals surface area (Å²) in [5, 5.41) is 3.00. The number of hydrogen-bond donors (Lipinski definition) is 2. The van der Waals surface area contributed by atoms with Crippen LogP contribution in [0.1, 0.15) is 30.5 Å². The van der Waals surface area contributed by atoms with Gasteiger partial charge in [0.15, 0.2) is 11.5 Å². The van der Waals surface area contributed by atoms with E-state index >= 15 is 0 Å². The number of fused-ring (bicyclic) bond motifs is 1. The maximum Gasteiger partial charge on any atom is 0.231 e. The molecule has 0 saturated heterocycles. The molecule has 0 spiro atoms. The molecular weight excluding hydrogens is 292 g/mol. The number of nitrogens with one attached hydrogen (secondary N) is 1. The number of amides is 1. The number of nitrogen functional groups attached to an aromatic ring is 1. The minimum atomic E-state index is -0.0925. The molecule has 120 valence electrons. The molecule has 0 saturated carbocycles. The number of carbonyl (C=O) groups is 1. The molecule has 1 amide bonds. The first-order valence-corrected chi connectivity index (χ1v) is 7.66. The smallest absolute Gasteiger partial charge is 0.231 e. The number of ether oxygens (including phenoxy) is 2. The molecule has 1 unspecified atom stereocenters. The molecule has 2 aromatic rings. The monoisotopic (exact) mass is 312 g/mol. The average molecular weight is 312 g/mol. The third kappa shape index (κ3) is 3.56. The van der Waals surface area contributed by atoms with Crippen LogP contribution in [0.25, 0.3) is 0 Å². The fraction of sp³-hybridized carbons (Fsp3) is 0.278. The van der Waals surface area contributed by atoms with Crippen LogP contribution in [0.4, 0.5) is 5.69 Å². The van der Waals surface area contributed by atoms with Gasteiger partial charge >= 0.3 is 0 Å². The van der Waals surface area contributed by atoms with Gasteiger partial charge in [-0.1, -0.05) is 24.3 Å². The Hall–Kier alpha value is -2.69. The Morgan fingerprint density at radius 1 is 1.22 bits per heavy atom. The predicted molar refractivity (Wildman–Crippen MR) is 88.3 cm³/mol. The van der Waals surface area contributed by atoms with Gasteiger partial charge in [-0.2, -0.15) is 0 Å². The van der Waals surface area contributed by atoms with Crippen LogP contribution in [0.15, 0.2) is 42.5 Å². The minimum absolute atomic E-state index is 0.00146. The molecule has 1 aliphatic heterocycles. The second-order valence-electron chi connectivity index (χ2n) is 5.60. The van der Waals surface area contributed by atoms with E-state index in [4.69, 9.17) is 15.2 Å². The van der Waals surface area contributed by atoms with Gasteiger partial charge < -0.3 is 20.5 Å². The highest BCUT2D eigenvalue weighted by atomic mass is 16.7. The summed E-state index contributed by atoms with van der Waals surface area (Å²) in [5.74, 6) is 1.46. The van der Waals surface area contributed by atoms with Crippen LogP contribution < -0.4 is 20.5 Å². The van der Waals surface area contributed by atoms with Crippen LogP contribution in [0.5, 0.6) is 11.5 Å². The molecule has 1 atom stereocenters. The fourth-order valence-electron chi connectivity index (χ4n) is 2.59. The zero-order valence-corrected chi connectivity index (χ0v) is 13.0. The number of aryl methyl sites for hydroxylation is 1. The summed E-state index contributed by atoms with van der Waals surface area (Å²) in [6.07, 6.45) is 1.04. The summed E-state index contributed by atoms with van der Waals surface area (Å²) in [6, 6.07) is 13.2. The van der Waals surface area contributed by atoms with E-state index in [-0.39, 0.29) is 18.7 Å². The van der Waals surface area contributed by atoms with Crippen molar-refractivity contribution in [1.82, 2.24) is 5.32 Å². The largest absolute Gasteiger partial charge is 0.454 e. The Balaban J connectivity index is 1.56. The van der Waals surface area contributed by atoms with E-state index in [2.05, 4.69) is 5.32 Å². The van der Waals surface area contributed by atoms with Gasteiger partial charge in [0.2, 0.25) is 12.7 Å². The molecule has 0 aromatic heterocycles. The van der Waals surface area contributed by atoms with E-state index in [1.54, 1.807) is 0 Å². The fourth-order valence-corrected chi connectivity index (χ4v) is 2.59. The van der Waals surface area contributed by atoms with Crippen LogP contribution >= 0.6 is 0 Å².